The standard InChI is InChI=1S/C16H21ClN2O/c1-16(2,13-3-5-14(17)6-4-13)15(20)19-9-11-7-18-8-12(11)10-19/h3-6,11-12,18H,7-10H2,1-2H3/t11-,12+. The number of amides is 1. The highest BCUT2D eigenvalue weighted by Crippen LogP contribution is 2.32. The van der Waals surface area contributed by atoms with E-state index in [-0.39, 0.29) is 5.91 Å². The lowest BCUT2D eigenvalue weighted by atomic mass is 9.83. The topological polar surface area (TPSA) is 32.3 Å². The van der Waals surface area contributed by atoms with Gasteiger partial charge in [-0.2, -0.15) is 0 Å². The number of rotatable bonds is 2. The van der Waals surface area contributed by atoms with Gasteiger partial charge in [-0.25, -0.2) is 0 Å². The molecule has 3 rings (SSSR count). The number of benzene rings is 1. The average molecular weight is 293 g/mol. The van der Waals surface area contributed by atoms with E-state index in [4.69, 9.17) is 11.6 Å². The van der Waals surface area contributed by atoms with E-state index in [2.05, 4.69) is 5.32 Å². The lowest BCUT2D eigenvalue weighted by Gasteiger charge is -2.30. The molecule has 0 radical (unpaired) electrons. The van der Waals surface area contributed by atoms with Crippen LogP contribution in [0.4, 0.5) is 0 Å². The first-order chi connectivity index (χ1) is 9.48. The van der Waals surface area contributed by atoms with Crippen molar-refractivity contribution in [3.8, 4) is 0 Å². The van der Waals surface area contributed by atoms with Crippen molar-refractivity contribution in [3.63, 3.8) is 0 Å². The number of likely N-dealkylation sites (tertiary alicyclic amines) is 1. The summed E-state index contributed by atoms with van der Waals surface area (Å²) in [6.45, 7) is 7.91. The van der Waals surface area contributed by atoms with Crippen molar-refractivity contribution in [1.29, 1.82) is 0 Å². The van der Waals surface area contributed by atoms with Gasteiger partial charge in [0.15, 0.2) is 0 Å². The van der Waals surface area contributed by atoms with Gasteiger partial charge < -0.3 is 10.2 Å². The fraction of sp³-hybridized carbons (Fsp3) is 0.562. The second-order valence-electron chi connectivity index (χ2n) is 6.52. The monoisotopic (exact) mass is 292 g/mol. The molecule has 2 saturated heterocycles. The van der Waals surface area contributed by atoms with Crippen LogP contribution in [0.25, 0.3) is 0 Å². The number of nitrogens with zero attached hydrogens (tertiary/aromatic N) is 1. The van der Waals surface area contributed by atoms with Gasteiger partial charge in [-0.1, -0.05) is 23.7 Å². The highest BCUT2D eigenvalue weighted by molar-refractivity contribution is 6.30. The van der Waals surface area contributed by atoms with Gasteiger partial charge in [-0.15, -0.1) is 0 Å². The number of nitrogens with one attached hydrogen (secondary N) is 1. The van der Waals surface area contributed by atoms with Crippen LogP contribution < -0.4 is 5.32 Å². The zero-order chi connectivity index (χ0) is 14.3. The highest BCUT2D eigenvalue weighted by Gasteiger charge is 2.42. The summed E-state index contributed by atoms with van der Waals surface area (Å²) in [5.74, 6) is 1.51. The molecule has 2 fully saturated rings. The SMILES string of the molecule is CC(C)(C(=O)N1C[C@H]2CNC[C@H]2C1)c1ccc(Cl)cc1. The first-order valence-corrected chi connectivity index (χ1v) is 7.62. The Morgan fingerprint density at radius 3 is 2.30 bits per heavy atom. The van der Waals surface area contributed by atoms with Crippen molar-refractivity contribution < 1.29 is 4.79 Å². The molecule has 0 bridgehead atoms. The average Bonchev–Trinajstić information content (AvgIpc) is 2.99. The number of halogens is 1. The Bertz CT molecular complexity index is 500. The van der Waals surface area contributed by atoms with E-state index in [0.29, 0.717) is 16.9 Å². The van der Waals surface area contributed by atoms with Crippen molar-refractivity contribution in [1.82, 2.24) is 10.2 Å². The van der Waals surface area contributed by atoms with E-state index < -0.39 is 5.41 Å². The zero-order valence-electron chi connectivity index (χ0n) is 12.0. The molecule has 2 aliphatic rings. The number of carbonyl (C=O) groups is 1. The normalized spacial score (nSPS) is 25.9. The highest BCUT2D eigenvalue weighted by atomic mass is 35.5. The summed E-state index contributed by atoms with van der Waals surface area (Å²) in [5.41, 5.74) is 0.540. The van der Waals surface area contributed by atoms with Gasteiger partial charge in [0.2, 0.25) is 5.91 Å². The van der Waals surface area contributed by atoms with Gasteiger partial charge >= 0.3 is 0 Å². The molecular weight excluding hydrogens is 272 g/mol. The van der Waals surface area contributed by atoms with Crippen LogP contribution in [0.3, 0.4) is 0 Å². The van der Waals surface area contributed by atoms with Crippen molar-refractivity contribution >= 4 is 17.5 Å². The number of hydrogen-bond donors (Lipinski definition) is 1. The Hall–Kier alpha value is -1.06. The van der Waals surface area contributed by atoms with Gasteiger partial charge in [0.05, 0.1) is 5.41 Å². The molecule has 0 aromatic heterocycles. The maximum atomic E-state index is 12.9. The molecular formula is C16H21ClN2O. The number of fused-ring (bicyclic) bond motifs is 1. The maximum absolute atomic E-state index is 12.9. The first-order valence-electron chi connectivity index (χ1n) is 7.24. The lowest BCUT2D eigenvalue weighted by molar-refractivity contribution is -0.135. The molecule has 4 heteroatoms. The maximum Gasteiger partial charge on any atom is 0.232 e. The van der Waals surface area contributed by atoms with Crippen LogP contribution in [0.5, 0.6) is 0 Å². The van der Waals surface area contributed by atoms with Crippen molar-refractivity contribution in [2.75, 3.05) is 26.2 Å². The summed E-state index contributed by atoms with van der Waals surface area (Å²) in [7, 11) is 0. The molecule has 1 aromatic rings. The van der Waals surface area contributed by atoms with Crippen molar-refractivity contribution in [2.24, 2.45) is 11.8 Å². The molecule has 0 aliphatic carbocycles. The summed E-state index contributed by atoms with van der Waals surface area (Å²) in [6.07, 6.45) is 0. The third-order valence-corrected chi connectivity index (χ3v) is 5.03. The Morgan fingerprint density at radius 1 is 1.20 bits per heavy atom. The third-order valence-electron chi connectivity index (χ3n) is 4.78. The van der Waals surface area contributed by atoms with Gasteiger partial charge in [0, 0.05) is 31.2 Å². The molecule has 108 valence electrons. The second kappa shape index (κ2) is 5.05. The molecule has 20 heavy (non-hydrogen) atoms. The van der Waals surface area contributed by atoms with Gasteiger partial charge in [0.25, 0.3) is 0 Å². The minimum atomic E-state index is -0.489. The molecule has 0 unspecified atom stereocenters. The molecule has 2 aliphatic heterocycles. The summed E-state index contributed by atoms with van der Waals surface area (Å²) in [5, 5.41) is 4.11. The largest absolute Gasteiger partial charge is 0.341 e. The van der Waals surface area contributed by atoms with E-state index in [9.17, 15) is 4.79 Å². The Balaban J connectivity index is 1.77. The Morgan fingerprint density at radius 2 is 1.75 bits per heavy atom. The predicted molar refractivity (Wildman–Crippen MR) is 80.9 cm³/mol. The minimum absolute atomic E-state index is 0.231. The third kappa shape index (κ3) is 2.33. The van der Waals surface area contributed by atoms with Gasteiger partial charge in [-0.3, -0.25) is 4.79 Å². The van der Waals surface area contributed by atoms with E-state index >= 15 is 0 Å². The van der Waals surface area contributed by atoms with E-state index in [1.807, 2.05) is 43.0 Å². The summed E-state index contributed by atoms with van der Waals surface area (Å²) in [6, 6.07) is 7.63. The van der Waals surface area contributed by atoms with E-state index in [1.54, 1.807) is 0 Å². The Kier molecular flexibility index (Phi) is 3.51. The molecule has 1 N–H and O–H groups in total. The molecule has 0 spiro atoms. The quantitative estimate of drug-likeness (QED) is 0.907. The number of hydrogen-bond acceptors (Lipinski definition) is 2. The molecule has 2 atom stereocenters. The van der Waals surface area contributed by atoms with E-state index in [1.165, 1.54) is 0 Å². The van der Waals surface area contributed by atoms with Gasteiger partial charge in [-0.05, 0) is 43.4 Å². The van der Waals surface area contributed by atoms with Crippen LogP contribution in [0, 0.1) is 11.8 Å². The van der Waals surface area contributed by atoms with Crippen LogP contribution >= 0.6 is 11.6 Å². The molecule has 0 saturated carbocycles. The van der Waals surface area contributed by atoms with Crippen LogP contribution in [-0.4, -0.2) is 37.0 Å². The van der Waals surface area contributed by atoms with Gasteiger partial charge in [0.1, 0.15) is 0 Å². The van der Waals surface area contributed by atoms with Crippen LogP contribution in [0.15, 0.2) is 24.3 Å². The van der Waals surface area contributed by atoms with Crippen molar-refractivity contribution in [3.05, 3.63) is 34.9 Å². The minimum Gasteiger partial charge on any atom is -0.341 e. The second-order valence-corrected chi connectivity index (χ2v) is 6.96. The Labute approximate surface area is 125 Å². The van der Waals surface area contributed by atoms with Crippen LogP contribution in [-0.2, 0) is 10.2 Å². The molecule has 1 aromatic carbocycles. The predicted octanol–water partition coefficient (Wildman–Crippen LogP) is 2.30. The summed E-state index contributed by atoms with van der Waals surface area (Å²) < 4.78 is 0. The summed E-state index contributed by atoms with van der Waals surface area (Å²) >= 11 is 5.93. The smallest absolute Gasteiger partial charge is 0.232 e. The van der Waals surface area contributed by atoms with Crippen LogP contribution in [0.2, 0.25) is 5.02 Å². The fourth-order valence-electron chi connectivity index (χ4n) is 3.41. The van der Waals surface area contributed by atoms with Crippen LogP contribution in [0.1, 0.15) is 19.4 Å². The molecule has 1 amide bonds. The van der Waals surface area contributed by atoms with Crippen molar-refractivity contribution in [2.45, 2.75) is 19.3 Å². The molecule has 2 heterocycles. The lowest BCUT2D eigenvalue weighted by Crippen LogP contribution is -2.43. The first kappa shape index (κ1) is 13.9. The number of carbonyl (C=O) groups excluding carboxylic acids is 1. The molecule has 3 nitrogen and oxygen atoms in total. The fourth-order valence-corrected chi connectivity index (χ4v) is 3.53. The van der Waals surface area contributed by atoms with E-state index in [0.717, 1.165) is 31.7 Å². The summed E-state index contributed by atoms with van der Waals surface area (Å²) in [4.78, 5) is 14.9. The zero-order valence-corrected chi connectivity index (χ0v) is 12.8.